The number of alkyl halides is 3. The largest absolute Gasteiger partial charge is 0.416 e. The molecule has 3 rings (SSSR count). The molecule has 0 unspecified atom stereocenters. The van der Waals surface area contributed by atoms with Crippen LogP contribution >= 0.6 is 0 Å². The maximum atomic E-state index is 12.7. The van der Waals surface area contributed by atoms with E-state index in [4.69, 9.17) is 4.84 Å². The van der Waals surface area contributed by atoms with Crippen LogP contribution in [0.25, 0.3) is 5.76 Å². The molecule has 21 heavy (non-hydrogen) atoms. The van der Waals surface area contributed by atoms with Crippen molar-refractivity contribution in [2.45, 2.75) is 6.18 Å². The Balaban J connectivity index is 1.88. The molecule has 0 saturated heterocycles. The van der Waals surface area contributed by atoms with Crippen molar-refractivity contribution in [3.63, 3.8) is 0 Å². The number of hydrogen-bond acceptors (Lipinski definition) is 3. The molecule has 1 aliphatic heterocycles. The Bertz CT molecular complexity index is 668. The molecule has 1 N–H and O–H groups in total. The van der Waals surface area contributed by atoms with Gasteiger partial charge in [-0.3, -0.25) is 0 Å². The quantitative estimate of drug-likeness (QED) is 0.906. The van der Waals surface area contributed by atoms with E-state index in [2.05, 4.69) is 5.59 Å². The van der Waals surface area contributed by atoms with Crippen LogP contribution in [0, 0.1) is 0 Å². The Kier molecular flexibility index (Phi) is 3.31. The van der Waals surface area contributed by atoms with Gasteiger partial charge in [0.1, 0.15) is 0 Å². The molecule has 0 saturated carbocycles. The Morgan fingerprint density at radius 2 is 1.71 bits per heavy atom. The summed E-state index contributed by atoms with van der Waals surface area (Å²) in [5.41, 5.74) is 3.04. The molecule has 2 aromatic carbocycles. The summed E-state index contributed by atoms with van der Waals surface area (Å²) < 4.78 is 38.1. The van der Waals surface area contributed by atoms with Crippen molar-refractivity contribution in [3.8, 4) is 0 Å². The molecular weight excluding hydrogens is 281 g/mol. The first-order valence-corrected chi connectivity index (χ1v) is 6.20. The zero-order chi connectivity index (χ0) is 14.9. The lowest BCUT2D eigenvalue weighted by molar-refractivity contribution is -0.137. The Morgan fingerprint density at radius 3 is 2.43 bits per heavy atom. The standard InChI is InChI=1S/C15H11F3N2O/c16-15(17,18)12-7-4-8-13(9-12)20-10-14(21-19-20)11-5-2-1-3-6-11/h1-10,19H. The van der Waals surface area contributed by atoms with E-state index in [9.17, 15) is 13.2 Å². The number of nitrogens with zero attached hydrogens (tertiary/aromatic N) is 1. The van der Waals surface area contributed by atoms with Gasteiger partial charge >= 0.3 is 6.18 Å². The van der Waals surface area contributed by atoms with Crippen LogP contribution in [0.1, 0.15) is 11.1 Å². The van der Waals surface area contributed by atoms with Crippen LogP contribution in [-0.2, 0) is 11.0 Å². The fourth-order valence-electron chi connectivity index (χ4n) is 1.96. The predicted octanol–water partition coefficient (Wildman–Crippen LogP) is 3.96. The zero-order valence-corrected chi connectivity index (χ0v) is 10.8. The Morgan fingerprint density at radius 1 is 0.952 bits per heavy atom. The van der Waals surface area contributed by atoms with Crippen molar-refractivity contribution < 1.29 is 18.0 Å². The summed E-state index contributed by atoms with van der Waals surface area (Å²) in [4.78, 5) is 5.29. The fraction of sp³-hybridized carbons (Fsp3) is 0.0667. The van der Waals surface area contributed by atoms with E-state index < -0.39 is 11.7 Å². The molecule has 0 spiro atoms. The Hall–Kier alpha value is -2.47. The summed E-state index contributed by atoms with van der Waals surface area (Å²) in [6, 6.07) is 14.3. The molecule has 6 heteroatoms. The third-order valence-electron chi connectivity index (χ3n) is 3.01. The van der Waals surface area contributed by atoms with Gasteiger partial charge in [0.05, 0.1) is 17.5 Å². The number of benzene rings is 2. The molecule has 108 valence electrons. The van der Waals surface area contributed by atoms with Gasteiger partial charge in [0, 0.05) is 5.56 Å². The number of anilines is 1. The minimum atomic E-state index is -4.37. The van der Waals surface area contributed by atoms with Crippen LogP contribution in [0.3, 0.4) is 0 Å². The van der Waals surface area contributed by atoms with Crippen molar-refractivity contribution in [2.75, 3.05) is 5.01 Å². The van der Waals surface area contributed by atoms with Gasteiger partial charge in [0.15, 0.2) is 5.76 Å². The molecular formula is C15H11F3N2O. The molecule has 0 bridgehead atoms. The van der Waals surface area contributed by atoms with Crippen molar-refractivity contribution in [3.05, 3.63) is 71.9 Å². The maximum Gasteiger partial charge on any atom is 0.416 e. The van der Waals surface area contributed by atoms with Gasteiger partial charge in [0.2, 0.25) is 0 Å². The van der Waals surface area contributed by atoms with E-state index in [-0.39, 0.29) is 0 Å². The second-order valence-corrected chi connectivity index (χ2v) is 4.47. The van der Waals surface area contributed by atoms with Crippen molar-refractivity contribution in [2.24, 2.45) is 0 Å². The molecule has 1 aliphatic rings. The summed E-state index contributed by atoms with van der Waals surface area (Å²) >= 11 is 0. The lowest BCUT2D eigenvalue weighted by Crippen LogP contribution is -2.27. The topological polar surface area (TPSA) is 24.5 Å². The molecule has 2 aromatic rings. The number of rotatable bonds is 2. The molecule has 0 amide bonds. The monoisotopic (exact) mass is 292 g/mol. The summed E-state index contributed by atoms with van der Waals surface area (Å²) in [5, 5.41) is 1.40. The minimum Gasteiger partial charge on any atom is -0.386 e. The molecule has 0 aliphatic carbocycles. The van der Waals surface area contributed by atoms with Crippen LogP contribution in [-0.4, -0.2) is 0 Å². The Labute approximate surface area is 119 Å². The van der Waals surface area contributed by atoms with Crippen molar-refractivity contribution >= 4 is 11.4 Å². The highest BCUT2D eigenvalue weighted by Crippen LogP contribution is 2.32. The van der Waals surface area contributed by atoms with Gasteiger partial charge in [-0.15, -0.1) is 0 Å². The van der Waals surface area contributed by atoms with Crippen molar-refractivity contribution in [1.29, 1.82) is 0 Å². The van der Waals surface area contributed by atoms with E-state index >= 15 is 0 Å². The normalized spacial score (nSPS) is 14.8. The fourth-order valence-corrected chi connectivity index (χ4v) is 1.96. The molecule has 0 atom stereocenters. The SMILES string of the molecule is FC(F)(F)c1cccc(N2C=C(c3ccccc3)ON2)c1. The first-order chi connectivity index (χ1) is 10.0. The summed E-state index contributed by atoms with van der Waals surface area (Å²) in [7, 11) is 0. The summed E-state index contributed by atoms with van der Waals surface area (Å²) in [5.74, 6) is 0.535. The van der Waals surface area contributed by atoms with Gasteiger partial charge in [-0.25, -0.2) is 5.01 Å². The van der Waals surface area contributed by atoms with Gasteiger partial charge in [-0.05, 0) is 18.2 Å². The lowest BCUT2D eigenvalue weighted by atomic mass is 10.2. The second kappa shape index (κ2) is 5.14. The van der Waals surface area contributed by atoms with E-state index in [1.807, 2.05) is 30.3 Å². The van der Waals surface area contributed by atoms with E-state index in [1.54, 1.807) is 12.3 Å². The number of hydrazine groups is 1. The number of halogens is 3. The van der Waals surface area contributed by atoms with E-state index in [0.717, 1.165) is 17.7 Å². The van der Waals surface area contributed by atoms with Gasteiger partial charge in [-0.2, -0.15) is 13.2 Å². The van der Waals surface area contributed by atoms with Crippen LogP contribution in [0.5, 0.6) is 0 Å². The molecule has 0 aromatic heterocycles. The minimum absolute atomic E-state index is 0.343. The molecule has 0 fully saturated rings. The highest BCUT2D eigenvalue weighted by atomic mass is 19.4. The third kappa shape index (κ3) is 2.85. The van der Waals surface area contributed by atoms with E-state index in [0.29, 0.717) is 11.4 Å². The maximum absolute atomic E-state index is 12.7. The van der Waals surface area contributed by atoms with Gasteiger partial charge < -0.3 is 4.84 Å². The average Bonchev–Trinajstić information content (AvgIpc) is 2.97. The van der Waals surface area contributed by atoms with Gasteiger partial charge in [-0.1, -0.05) is 42.0 Å². The number of nitrogens with one attached hydrogen (secondary N) is 1. The van der Waals surface area contributed by atoms with Crippen LogP contribution < -0.4 is 10.6 Å². The highest BCUT2D eigenvalue weighted by molar-refractivity contribution is 5.66. The lowest BCUT2D eigenvalue weighted by Gasteiger charge is -2.15. The van der Waals surface area contributed by atoms with Gasteiger partial charge in [0.25, 0.3) is 0 Å². The zero-order valence-electron chi connectivity index (χ0n) is 10.8. The third-order valence-corrected chi connectivity index (χ3v) is 3.01. The van der Waals surface area contributed by atoms with E-state index in [1.165, 1.54) is 11.1 Å². The first-order valence-electron chi connectivity index (χ1n) is 6.20. The molecule has 3 nitrogen and oxygen atoms in total. The van der Waals surface area contributed by atoms with Crippen LogP contribution in [0.4, 0.5) is 18.9 Å². The average molecular weight is 292 g/mol. The summed E-state index contributed by atoms with van der Waals surface area (Å²) in [6.07, 6.45) is -2.77. The van der Waals surface area contributed by atoms with Crippen LogP contribution in [0.15, 0.2) is 60.8 Å². The van der Waals surface area contributed by atoms with Crippen LogP contribution in [0.2, 0.25) is 0 Å². The number of hydrogen-bond donors (Lipinski definition) is 1. The molecule has 1 heterocycles. The first kappa shape index (κ1) is 13.5. The highest BCUT2D eigenvalue weighted by Gasteiger charge is 2.31. The van der Waals surface area contributed by atoms with Crippen molar-refractivity contribution in [1.82, 2.24) is 5.59 Å². The molecule has 0 radical (unpaired) electrons. The second-order valence-electron chi connectivity index (χ2n) is 4.47. The smallest absolute Gasteiger partial charge is 0.386 e. The predicted molar refractivity (Wildman–Crippen MR) is 72.6 cm³/mol. The summed E-state index contributed by atoms with van der Waals surface area (Å²) in [6.45, 7) is 0.